The number of fused-ring (bicyclic) bond motifs is 2. The Balaban J connectivity index is 1.88. The maximum absolute atomic E-state index is 14.4. The summed E-state index contributed by atoms with van der Waals surface area (Å²) in [5.41, 5.74) is 1.98. The van der Waals surface area contributed by atoms with E-state index in [4.69, 9.17) is 0 Å². The van der Waals surface area contributed by atoms with Gasteiger partial charge in [0.1, 0.15) is 28.5 Å². The molecule has 9 heteroatoms. The molecule has 7 nitrogen and oxygen atoms in total. The Bertz CT molecular complexity index is 1180. The predicted octanol–water partition coefficient (Wildman–Crippen LogP) is 2.93. The average molecular weight is 370 g/mol. The third-order valence-corrected chi connectivity index (χ3v) is 4.27. The first-order valence-corrected chi connectivity index (χ1v) is 8.44. The second-order valence-corrected chi connectivity index (χ2v) is 6.16. The van der Waals surface area contributed by atoms with Gasteiger partial charge in [-0.3, -0.25) is 9.48 Å². The van der Waals surface area contributed by atoms with Gasteiger partial charge >= 0.3 is 0 Å². The van der Waals surface area contributed by atoms with E-state index in [0.717, 1.165) is 12.5 Å². The van der Waals surface area contributed by atoms with Crippen LogP contribution < -0.4 is 5.32 Å². The van der Waals surface area contributed by atoms with E-state index in [0.29, 0.717) is 34.5 Å². The zero-order chi connectivity index (χ0) is 19.1. The number of halogens is 2. The zero-order valence-corrected chi connectivity index (χ0v) is 14.7. The summed E-state index contributed by atoms with van der Waals surface area (Å²) < 4.78 is 29.3. The molecule has 0 spiro atoms. The molecule has 138 valence electrons. The summed E-state index contributed by atoms with van der Waals surface area (Å²) in [5, 5.41) is 7.21. The Morgan fingerprint density at radius 3 is 2.93 bits per heavy atom. The fourth-order valence-electron chi connectivity index (χ4n) is 3.00. The van der Waals surface area contributed by atoms with Gasteiger partial charge in [-0.05, 0) is 12.5 Å². The van der Waals surface area contributed by atoms with E-state index in [1.54, 1.807) is 7.05 Å². The summed E-state index contributed by atoms with van der Waals surface area (Å²) in [6, 6.07) is 2.01. The fourth-order valence-corrected chi connectivity index (χ4v) is 3.00. The summed E-state index contributed by atoms with van der Waals surface area (Å²) >= 11 is 0. The molecule has 0 bridgehead atoms. The summed E-state index contributed by atoms with van der Waals surface area (Å²) in [7, 11) is 1.59. The van der Waals surface area contributed by atoms with Gasteiger partial charge in [0.25, 0.3) is 5.91 Å². The van der Waals surface area contributed by atoms with Crippen LogP contribution in [0.25, 0.3) is 33.5 Å². The number of aryl methyl sites for hydroxylation is 1. The van der Waals surface area contributed by atoms with Crippen molar-refractivity contribution in [2.45, 2.75) is 13.3 Å². The van der Waals surface area contributed by atoms with E-state index >= 15 is 0 Å². The van der Waals surface area contributed by atoms with Crippen LogP contribution >= 0.6 is 0 Å². The minimum Gasteiger partial charge on any atom is -0.352 e. The summed E-state index contributed by atoms with van der Waals surface area (Å²) in [6.45, 7) is 2.50. The van der Waals surface area contributed by atoms with Gasteiger partial charge in [-0.25, -0.2) is 18.7 Å². The minimum atomic E-state index is -0.732. The highest BCUT2D eigenvalue weighted by Gasteiger charge is 2.20. The molecule has 2 N–H and O–H groups in total. The van der Waals surface area contributed by atoms with E-state index in [-0.39, 0.29) is 17.0 Å². The smallest absolute Gasteiger partial charge is 0.255 e. The zero-order valence-electron chi connectivity index (χ0n) is 14.7. The molecule has 0 unspecified atom stereocenters. The highest BCUT2D eigenvalue weighted by atomic mass is 19.1. The van der Waals surface area contributed by atoms with Crippen molar-refractivity contribution in [3.05, 3.63) is 41.7 Å². The highest BCUT2D eigenvalue weighted by molar-refractivity contribution is 6.05. The summed E-state index contributed by atoms with van der Waals surface area (Å²) in [5.74, 6) is -1.68. The van der Waals surface area contributed by atoms with Crippen molar-refractivity contribution in [2.75, 3.05) is 6.54 Å². The van der Waals surface area contributed by atoms with E-state index in [1.807, 2.05) is 6.92 Å². The molecule has 27 heavy (non-hydrogen) atoms. The van der Waals surface area contributed by atoms with Gasteiger partial charge < -0.3 is 10.3 Å². The molecule has 4 rings (SSSR count). The molecule has 0 saturated carbocycles. The lowest BCUT2D eigenvalue weighted by atomic mass is 10.1. The van der Waals surface area contributed by atoms with E-state index in [1.165, 1.54) is 23.1 Å². The normalized spacial score (nSPS) is 11.4. The van der Waals surface area contributed by atoms with Gasteiger partial charge in [0, 0.05) is 25.9 Å². The van der Waals surface area contributed by atoms with Crippen LogP contribution in [0.1, 0.15) is 23.7 Å². The standard InChI is InChI=1S/C18H16F2N6O/c1-3-4-21-18(27)10-7-22-17-15(10)24-12(8-23-17)16-14-11(20)5-9(19)6-13(14)26(2)25-16/h5-8H,3-4H2,1-2H3,(H,21,27)(H,22,23). The first kappa shape index (κ1) is 17.1. The van der Waals surface area contributed by atoms with Gasteiger partial charge in [0.05, 0.1) is 22.7 Å². The second-order valence-electron chi connectivity index (χ2n) is 6.16. The Labute approximate surface area is 152 Å². The fraction of sp³-hybridized carbons (Fsp3) is 0.222. The molecule has 1 aromatic carbocycles. The SMILES string of the molecule is CCCNC(=O)c1c[nH]c2ncc(-c3nn(C)c4cc(F)cc(F)c34)nc12. The van der Waals surface area contributed by atoms with Gasteiger partial charge in [-0.2, -0.15) is 5.10 Å². The molecule has 0 aliphatic heterocycles. The highest BCUT2D eigenvalue weighted by Crippen LogP contribution is 2.30. The molecule has 0 aliphatic rings. The van der Waals surface area contributed by atoms with E-state index < -0.39 is 11.6 Å². The number of nitrogens with zero attached hydrogens (tertiary/aromatic N) is 4. The van der Waals surface area contributed by atoms with Crippen molar-refractivity contribution in [1.29, 1.82) is 0 Å². The van der Waals surface area contributed by atoms with Crippen LogP contribution in [-0.4, -0.2) is 37.2 Å². The molecule has 4 aromatic rings. The van der Waals surface area contributed by atoms with Crippen LogP contribution in [0.2, 0.25) is 0 Å². The Kier molecular flexibility index (Phi) is 4.06. The third-order valence-electron chi connectivity index (χ3n) is 4.27. The van der Waals surface area contributed by atoms with E-state index in [9.17, 15) is 13.6 Å². The molecule has 0 atom stereocenters. The maximum Gasteiger partial charge on any atom is 0.255 e. The Hall–Kier alpha value is -3.36. The van der Waals surface area contributed by atoms with Gasteiger partial charge in [0.2, 0.25) is 0 Å². The molecule has 1 amide bonds. The molecular formula is C18H16F2N6O. The number of aromatic nitrogens is 5. The van der Waals surface area contributed by atoms with Crippen molar-refractivity contribution in [3.63, 3.8) is 0 Å². The Morgan fingerprint density at radius 1 is 1.33 bits per heavy atom. The molecule has 0 fully saturated rings. The maximum atomic E-state index is 14.4. The number of aromatic amines is 1. The third kappa shape index (κ3) is 2.80. The predicted molar refractivity (Wildman–Crippen MR) is 96.1 cm³/mol. The number of carbonyl (C=O) groups excluding carboxylic acids is 1. The molecule has 3 aromatic heterocycles. The van der Waals surface area contributed by atoms with Crippen molar-refractivity contribution in [1.82, 2.24) is 30.0 Å². The molecule has 3 heterocycles. The average Bonchev–Trinajstić information content (AvgIpc) is 3.21. The number of benzene rings is 1. The molecule has 0 saturated heterocycles. The molecular weight excluding hydrogens is 354 g/mol. The first-order valence-electron chi connectivity index (χ1n) is 8.44. The number of rotatable bonds is 4. The monoisotopic (exact) mass is 370 g/mol. The van der Waals surface area contributed by atoms with Crippen molar-refractivity contribution < 1.29 is 13.6 Å². The van der Waals surface area contributed by atoms with E-state index in [2.05, 4.69) is 25.4 Å². The van der Waals surface area contributed by atoms with Gasteiger partial charge in [-0.1, -0.05) is 6.92 Å². The van der Waals surface area contributed by atoms with Gasteiger partial charge in [0.15, 0.2) is 5.65 Å². The minimum absolute atomic E-state index is 0.153. The lowest BCUT2D eigenvalue weighted by molar-refractivity contribution is 0.0955. The van der Waals surface area contributed by atoms with Crippen molar-refractivity contribution >= 4 is 28.0 Å². The number of carbonyl (C=O) groups is 1. The lowest BCUT2D eigenvalue weighted by Crippen LogP contribution is -2.23. The summed E-state index contributed by atoms with van der Waals surface area (Å²) in [4.78, 5) is 23.9. The first-order chi connectivity index (χ1) is 13.0. The van der Waals surface area contributed by atoms with Crippen LogP contribution in [0, 0.1) is 11.6 Å². The van der Waals surface area contributed by atoms with Crippen LogP contribution in [0.5, 0.6) is 0 Å². The molecule has 0 radical (unpaired) electrons. The van der Waals surface area contributed by atoms with Crippen LogP contribution in [0.4, 0.5) is 8.78 Å². The second kappa shape index (κ2) is 6.42. The quantitative estimate of drug-likeness (QED) is 0.578. The van der Waals surface area contributed by atoms with Crippen molar-refractivity contribution in [3.8, 4) is 11.4 Å². The van der Waals surface area contributed by atoms with Crippen molar-refractivity contribution in [2.24, 2.45) is 7.05 Å². The summed E-state index contributed by atoms with van der Waals surface area (Å²) in [6.07, 6.45) is 3.78. The number of hydrogen-bond acceptors (Lipinski definition) is 4. The Morgan fingerprint density at radius 2 is 2.15 bits per heavy atom. The van der Waals surface area contributed by atoms with Crippen LogP contribution in [0.15, 0.2) is 24.5 Å². The van der Waals surface area contributed by atoms with Crippen LogP contribution in [-0.2, 0) is 7.05 Å². The number of nitrogens with one attached hydrogen (secondary N) is 2. The number of hydrogen-bond donors (Lipinski definition) is 2. The van der Waals surface area contributed by atoms with Gasteiger partial charge in [-0.15, -0.1) is 0 Å². The number of H-pyrrole nitrogens is 1. The topological polar surface area (TPSA) is 88.5 Å². The van der Waals surface area contributed by atoms with Crippen LogP contribution in [0.3, 0.4) is 0 Å². The lowest BCUT2D eigenvalue weighted by Gasteiger charge is -2.02. The largest absolute Gasteiger partial charge is 0.352 e. The number of amides is 1. The molecule has 0 aliphatic carbocycles.